The fourth-order valence-corrected chi connectivity index (χ4v) is 4.16. The van der Waals surface area contributed by atoms with E-state index in [0.29, 0.717) is 19.3 Å². The maximum absolute atomic E-state index is 12.6. The third-order valence-electron chi connectivity index (χ3n) is 4.13. The summed E-state index contributed by atoms with van der Waals surface area (Å²) in [5.41, 5.74) is 1.11. The largest absolute Gasteiger partial charge is 0.464 e. The van der Waals surface area contributed by atoms with Gasteiger partial charge in [-0.2, -0.15) is 8.42 Å². The standard InChI is InChI=1S/C21H25ClO5S/c1-2-3-16-26-21(23)19(14-9-12-17-10-5-4-6-11-17)27-28(24,25)20-15-8-7-13-18(20)22/h4-8,10-11,13,15,19H,2-3,9,12,14,16H2,1H3/t19-/m1/s1. The van der Waals surface area contributed by atoms with E-state index in [4.69, 9.17) is 20.5 Å². The van der Waals surface area contributed by atoms with Crippen LogP contribution in [0.2, 0.25) is 5.02 Å². The summed E-state index contributed by atoms with van der Waals surface area (Å²) in [7, 11) is -4.19. The highest BCUT2D eigenvalue weighted by atomic mass is 35.5. The minimum absolute atomic E-state index is 0.0462. The molecule has 0 saturated heterocycles. The Morgan fingerprint density at radius 3 is 2.39 bits per heavy atom. The van der Waals surface area contributed by atoms with E-state index < -0.39 is 22.2 Å². The molecule has 7 heteroatoms. The lowest BCUT2D eigenvalue weighted by molar-refractivity contribution is -0.152. The van der Waals surface area contributed by atoms with Crippen LogP contribution in [0.3, 0.4) is 0 Å². The number of ether oxygens (including phenoxy) is 1. The molecule has 0 unspecified atom stereocenters. The molecule has 0 aromatic heterocycles. The van der Waals surface area contributed by atoms with Crippen molar-refractivity contribution in [3.8, 4) is 0 Å². The Kier molecular flexibility index (Phi) is 8.96. The second-order valence-corrected chi connectivity index (χ2v) is 8.32. The summed E-state index contributed by atoms with van der Waals surface area (Å²) in [6, 6.07) is 15.7. The van der Waals surface area contributed by atoms with E-state index in [0.717, 1.165) is 12.0 Å². The Labute approximate surface area is 171 Å². The summed E-state index contributed by atoms with van der Waals surface area (Å²) >= 11 is 5.98. The van der Waals surface area contributed by atoms with Crippen molar-refractivity contribution < 1.29 is 22.1 Å². The highest BCUT2D eigenvalue weighted by Crippen LogP contribution is 2.25. The van der Waals surface area contributed by atoms with Gasteiger partial charge >= 0.3 is 5.97 Å². The van der Waals surface area contributed by atoms with E-state index in [1.165, 1.54) is 12.1 Å². The molecular weight excluding hydrogens is 400 g/mol. The zero-order chi connectivity index (χ0) is 20.4. The lowest BCUT2D eigenvalue weighted by Gasteiger charge is -2.17. The van der Waals surface area contributed by atoms with Gasteiger partial charge in [0.1, 0.15) is 4.90 Å². The summed E-state index contributed by atoms with van der Waals surface area (Å²) in [5.74, 6) is -0.669. The number of hydrogen-bond donors (Lipinski definition) is 0. The summed E-state index contributed by atoms with van der Waals surface area (Å²) in [6.07, 6.45) is 1.88. The monoisotopic (exact) mass is 424 g/mol. The smallest absolute Gasteiger partial charge is 0.336 e. The predicted octanol–water partition coefficient (Wildman–Crippen LogP) is 4.78. The summed E-state index contributed by atoms with van der Waals surface area (Å²) in [5, 5.41) is 0.0462. The highest BCUT2D eigenvalue weighted by molar-refractivity contribution is 7.87. The Balaban J connectivity index is 2.08. The first-order valence-electron chi connectivity index (χ1n) is 9.32. The number of halogens is 1. The first-order valence-corrected chi connectivity index (χ1v) is 11.1. The fourth-order valence-electron chi connectivity index (χ4n) is 2.60. The van der Waals surface area contributed by atoms with Crippen LogP contribution in [0.1, 0.15) is 38.2 Å². The van der Waals surface area contributed by atoms with Gasteiger partial charge in [0.2, 0.25) is 0 Å². The van der Waals surface area contributed by atoms with Crippen molar-refractivity contribution in [2.75, 3.05) is 6.61 Å². The van der Waals surface area contributed by atoms with Crippen molar-refractivity contribution in [1.82, 2.24) is 0 Å². The number of hydrogen-bond acceptors (Lipinski definition) is 5. The van der Waals surface area contributed by atoms with Crippen LogP contribution < -0.4 is 0 Å². The van der Waals surface area contributed by atoms with Crippen LogP contribution in [-0.4, -0.2) is 27.1 Å². The molecule has 0 bridgehead atoms. The number of carbonyl (C=O) groups is 1. The molecule has 5 nitrogen and oxygen atoms in total. The van der Waals surface area contributed by atoms with Gasteiger partial charge in [-0.15, -0.1) is 0 Å². The molecule has 0 saturated carbocycles. The summed E-state index contributed by atoms with van der Waals surface area (Å²) in [6.45, 7) is 2.21. The van der Waals surface area contributed by atoms with E-state index in [2.05, 4.69) is 0 Å². The number of rotatable bonds is 11. The van der Waals surface area contributed by atoms with E-state index in [-0.39, 0.29) is 22.9 Å². The van der Waals surface area contributed by atoms with Crippen LogP contribution in [0, 0.1) is 0 Å². The molecule has 0 aliphatic rings. The molecule has 152 valence electrons. The van der Waals surface area contributed by atoms with Crippen LogP contribution in [-0.2, 0) is 30.3 Å². The summed E-state index contributed by atoms with van der Waals surface area (Å²) < 4.78 is 35.7. The van der Waals surface area contributed by atoms with Crippen LogP contribution >= 0.6 is 11.6 Å². The first kappa shape index (κ1) is 22.4. The van der Waals surface area contributed by atoms with Crippen molar-refractivity contribution >= 4 is 27.7 Å². The van der Waals surface area contributed by atoms with E-state index in [1.807, 2.05) is 37.3 Å². The Bertz CT molecular complexity index is 852. The van der Waals surface area contributed by atoms with Gasteiger partial charge in [0.05, 0.1) is 11.6 Å². The molecule has 2 aromatic rings. The van der Waals surface area contributed by atoms with E-state index >= 15 is 0 Å². The van der Waals surface area contributed by atoms with Gasteiger partial charge in [0.15, 0.2) is 6.10 Å². The third-order valence-corrected chi connectivity index (χ3v) is 5.95. The molecule has 0 aliphatic heterocycles. The van der Waals surface area contributed by atoms with Crippen LogP contribution in [0.25, 0.3) is 0 Å². The van der Waals surface area contributed by atoms with Crippen molar-refractivity contribution in [1.29, 1.82) is 0 Å². The third kappa shape index (κ3) is 6.93. The average molecular weight is 425 g/mol. The van der Waals surface area contributed by atoms with Crippen molar-refractivity contribution in [3.05, 3.63) is 65.2 Å². The van der Waals surface area contributed by atoms with Crippen LogP contribution in [0.5, 0.6) is 0 Å². The number of aryl methyl sites for hydroxylation is 1. The maximum Gasteiger partial charge on any atom is 0.336 e. The van der Waals surface area contributed by atoms with Gasteiger partial charge < -0.3 is 4.74 Å². The van der Waals surface area contributed by atoms with Gasteiger partial charge in [-0.3, -0.25) is 4.18 Å². The second-order valence-electron chi connectivity index (χ2n) is 6.37. The number of unbranched alkanes of at least 4 members (excludes halogenated alkanes) is 1. The Morgan fingerprint density at radius 1 is 1.04 bits per heavy atom. The maximum atomic E-state index is 12.6. The fraction of sp³-hybridized carbons (Fsp3) is 0.381. The molecule has 2 rings (SSSR count). The topological polar surface area (TPSA) is 69.7 Å². The van der Waals surface area contributed by atoms with Gasteiger partial charge in [-0.05, 0) is 43.4 Å². The SMILES string of the molecule is CCCCOC(=O)[C@@H](CCCc1ccccc1)OS(=O)(=O)c1ccccc1Cl. The lowest BCUT2D eigenvalue weighted by Crippen LogP contribution is -2.30. The van der Waals surface area contributed by atoms with Crippen LogP contribution in [0.15, 0.2) is 59.5 Å². The van der Waals surface area contributed by atoms with Gasteiger partial charge in [0, 0.05) is 0 Å². The van der Waals surface area contributed by atoms with Crippen molar-refractivity contribution in [3.63, 3.8) is 0 Å². The molecule has 0 aliphatic carbocycles. The molecule has 0 fully saturated rings. The number of carbonyl (C=O) groups excluding carboxylic acids is 1. The second kappa shape index (κ2) is 11.2. The van der Waals surface area contributed by atoms with E-state index in [9.17, 15) is 13.2 Å². The van der Waals surface area contributed by atoms with Gasteiger partial charge in [-0.25, -0.2) is 4.79 Å². The number of esters is 1. The molecule has 0 N–H and O–H groups in total. The van der Waals surface area contributed by atoms with E-state index in [1.54, 1.807) is 12.1 Å². The lowest BCUT2D eigenvalue weighted by atomic mass is 10.1. The quantitative estimate of drug-likeness (QED) is 0.295. The summed E-state index contributed by atoms with van der Waals surface area (Å²) in [4.78, 5) is 12.2. The normalized spacial score (nSPS) is 12.5. The van der Waals surface area contributed by atoms with Gasteiger partial charge in [0.25, 0.3) is 10.1 Å². The minimum atomic E-state index is -4.19. The van der Waals surface area contributed by atoms with Crippen molar-refractivity contribution in [2.24, 2.45) is 0 Å². The van der Waals surface area contributed by atoms with Crippen LogP contribution in [0.4, 0.5) is 0 Å². The molecule has 0 radical (unpaired) electrons. The molecule has 2 aromatic carbocycles. The Hall–Kier alpha value is -1.89. The highest BCUT2D eigenvalue weighted by Gasteiger charge is 2.29. The zero-order valence-corrected chi connectivity index (χ0v) is 17.4. The number of benzene rings is 2. The van der Waals surface area contributed by atoms with Crippen molar-refractivity contribution in [2.45, 2.75) is 50.0 Å². The molecule has 0 spiro atoms. The average Bonchev–Trinajstić information content (AvgIpc) is 2.68. The molecular formula is C21H25ClO5S. The zero-order valence-electron chi connectivity index (χ0n) is 15.8. The minimum Gasteiger partial charge on any atom is -0.464 e. The first-order chi connectivity index (χ1) is 13.4. The predicted molar refractivity (Wildman–Crippen MR) is 109 cm³/mol. The molecule has 0 heterocycles. The molecule has 1 atom stereocenters. The van der Waals surface area contributed by atoms with Gasteiger partial charge in [-0.1, -0.05) is 67.4 Å². The molecule has 0 amide bonds. The molecule has 28 heavy (non-hydrogen) atoms. The Morgan fingerprint density at radius 2 is 1.71 bits per heavy atom.